The molecule has 1 fully saturated rings. The predicted molar refractivity (Wildman–Crippen MR) is 60.6 cm³/mol. The Morgan fingerprint density at radius 3 is 2.62 bits per heavy atom. The highest BCUT2D eigenvalue weighted by Gasteiger charge is 2.31. The quantitative estimate of drug-likeness (QED) is 0.420. The van der Waals surface area contributed by atoms with Crippen LogP contribution in [0.5, 0.6) is 0 Å². The average Bonchev–Trinajstić information content (AvgIpc) is 2.53. The number of hydrogen-bond acceptors (Lipinski definition) is 3. The Bertz CT molecular complexity index is 297. The molecule has 1 saturated heterocycles. The minimum atomic E-state index is -0.130. The normalized spacial score (nSPS) is 18.9. The summed E-state index contributed by atoms with van der Waals surface area (Å²) in [4.78, 5) is 24.3. The standard InChI is InChI=1S/C12H19NO3/c1-2-13-11(15)9-10(12(13)16)7-5-3-4-6-8-14/h7,14H,2-6,8-9H2,1H3/b10-7+. The zero-order valence-electron chi connectivity index (χ0n) is 9.74. The fraction of sp³-hybridized carbons (Fsp3) is 0.667. The van der Waals surface area contributed by atoms with Gasteiger partial charge in [0.15, 0.2) is 0 Å². The molecule has 90 valence electrons. The number of rotatable bonds is 6. The van der Waals surface area contributed by atoms with Gasteiger partial charge in [-0.1, -0.05) is 12.5 Å². The van der Waals surface area contributed by atoms with E-state index < -0.39 is 0 Å². The van der Waals surface area contributed by atoms with Gasteiger partial charge in [0.2, 0.25) is 5.91 Å². The summed E-state index contributed by atoms with van der Waals surface area (Å²) in [7, 11) is 0. The Hall–Kier alpha value is -1.16. The lowest BCUT2D eigenvalue weighted by atomic mass is 10.1. The second-order valence-corrected chi connectivity index (χ2v) is 3.92. The fourth-order valence-corrected chi connectivity index (χ4v) is 1.81. The van der Waals surface area contributed by atoms with Gasteiger partial charge in [-0.3, -0.25) is 14.5 Å². The summed E-state index contributed by atoms with van der Waals surface area (Å²) >= 11 is 0. The number of hydrogen-bond donors (Lipinski definition) is 1. The Labute approximate surface area is 95.9 Å². The van der Waals surface area contributed by atoms with Crippen LogP contribution in [-0.4, -0.2) is 35.0 Å². The van der Waals surface area contributed by atoms with Crippen LogP contribution in [-0.2, 0) is 9.59 Å². The molecule has 1 heterocycles. The summed E-state index contributed by atoms with van der Waals surface area (Å²) in [5.74, 6) is -0.219. The monoisotopic (exact) mass is 225 g/mol. The molecule has 0 atom stereocenters. The van der Waals surface area contributed by atoms with E-state index in [1.54, 1.807) is 6.92 Å². The maximum atomic E-state index is 11.7. The number of likely N-dealkylation sites (tertiary alicyclic amines) is 1. The molecule has 4 heteroatoms. The largest absolute Gasteiger partial charge is 0.396 e. The topological polar surface area (TPSA) is 57.6 Å². The molecule has 1 aliphatic rings. The zero-order chi connectivity index (χ0) is 12.0. The first kappa shape index (κ1) is 12.9. The lowest BCUT2D eigenvalue weighted by molar-refractivity contribution is -0.137. The molecule has 0 bridgehead atoms. The molecule has 2 amide bonds. The molecule has 0 aromatic rings. The molecule has 1 rings (SSSR count). The summed E-state index contributed by atoms with van der Waals surface area (Å²) in [6.07, 6.45) is 5.65. The summed E-state index contributed by atoms with van der Waals surface area (Å²) in [6.45, 7) is 2.48. The highest BCUT2D eigenvalue weighted by atomic mass is 16.3. The van der Waals surface area contributed by atoms with Gasteiger partial charge in [-0.15, -0.1) is 0 Å². The summed E-state index contributed by atoms with van der Waals surface area (Å²) in [5, 5.41) is 8.60. The molecule has 1 N–H and O–H groups in total. The van der Waals surface area contributed by atoms with Gasteiger partial charge in [0.05, 0.1) is 6.42 Å². The molecule has 0 saturated carbocycles. The van der Waals surface area contributed by atoms with Crippen LogP contribution in [0.1, 0.15) is 39.0 Å². The molecular formula is C12H19NO3. The van der Waals surface area contributed by atoms with Gasteiger partial charge in [-0.05, 0) is 26.2 Å². The number of aliphatic hydroxyl groups excluding tert-OH is 1. The molecule has 0 aliphatic carbocycles. The molecule has 0 unspecified atom stereocenters. The lowest BCUT2D eigenvalue weighted by Crippen LogP contribution is -2.28. The van der Waals surface area contributed by atoms with Crippen molar-refractivity contribution in [3.8, 4) is 0 Å². The van der Waals surface area contributed by atoms with E-state index in [4.69, 9.17) is 5.11 Å². The lowest BCUT2D eigenvalue weighted by Gasteiger charge is -2.08. The molecule has 16 heavy (non-hydrogen) atoms. The van der Waals surface area contributed by atoms with E-state index in [2.05, 4.69) is 0 Å². The summed E-state index contributed by atoms with van der Waals surface area (Å²) < 4.78 is 0. The number of likely N-dealkylation sites (N-methyl/N-ethyl adjacent to an activating group) is 1. The smallest absolute Gasteiger partial charge is 0.256 e. The third-order valence-corrected chi connectivity index (χ3v) is 2.73. The first-order valence-corrected chi connectivity index (χ1v) is 5.85. The van der Waals surface area contributed by atoms with Crippen LogP contribution < -0.4 is 0 Å². The van der Waals surface area contributed by atoms with Crippen molar-refractivity contribution in [3.63, 3.8) is 0 Å². The molecular weight excluding hydrogens is 206 g/mol. The Balaban J connectivity index is 2.40. The van der Waals surface area contributed by atoms with Crippen LogP contribution in [0.15, 0.2) is 11.6 Å². The van der Waals surface area contributed by atoms with E-state index >= 15 is 0 Å². The van der Waals surface area contributed by atoms with Crippen molar-refractivity contribution in [2.75, 3.05) is 13.2 Å². The second-order valence-electron chi connectivity index (χ2n) is 3.92. The van der Waals surface area contributed by atoms with E-state index in [0.29, 0.717) is 12.1 Å². The van der Waals surface area contributed by atoms with E-state index in [0.717, 1.165) is 25.7 Å². The van der Waals surface area contributed by atoms with E-state index in [1.165, 1.54) is 4.90 Å². The number of carbonyl (C=O) groups is 2. The minimum absolute atomic E-state index is 0.0888. The number of carbonyl (C=O) groups excluding carboxylic acids is 2. The maximum Gasteiger partial charge on any atom is 0.256 e. The molecule has 0 aromatic carbocycles. The molecule has 0 spiro atoms. The SMILES string of the molecule is CCN1C(=O)C/C(=C\CCCCCO)C1=O. The molecule has 0 aromatic heterocycles. The number of allylic oxidation sites excluding steroid dienone is 1. The van der Waals surface area contributed by atoms with Crippen molar-refractivity contribution >= 4 is 11.8 Å². The van der Waals surface area contributed by atoms with Crippen molar-refractivity contribution in [1.82, 2.24) is 4.90 Å². The number of amides is 2. The second kappa shape index (κ2) is 6.43. The first-order valence-electron chi connectivity index (χ1n) is 5.85. The molecule has 0 radical (unpaired) electrons. The highest BCUT2D eigenvalue weighted by molar-refractivity contribution is 6.13. The number of unbranched alkanes of at least 4 members (excludes halogenated alkanes) is 3. The third kappa shape index (κ3) is 3.17. The molecule has 1 aliphatic heterocycles. The van der Waals surface area contributed by atoms with Crippen molar-refractivity contribution in [3.05, 3.63) is 11.6 Å². The van der Waals surface area contributed by atoms with Crippen molar-refractivity contribution in [2.24, 2.45) is 0 Å². The average molecular weight is 225 g/mol. The van der Waals surface area contributed by atoms with Gasteiger partial charge >= 0.3 is 0 Å². The van der Waals surface area contributed by atoms with Crippen molar-refractivity contribution in [2.45, 2.75) is 39.0 Å². The van der Waals surface area contributed by atoms with Gasteiger partial charge in [-0.2, -0.15) is 0 Å². The van der Waals surface area contributed by atoms with E-state index in [9.17, 15) is 9.59 Å². The maximum absolute atomic E-state index is 11.7. The van der Waals surface area contributed by atoms with E-state index in [-0.39, 0.29) is 24.8 Å². The van der Waals surface area contributed by atoms with Gasteiger partial charge in [0.25, 0.3) is 5.91 Å². The van der Waals surface area contributed by atoms with E-state index in [1.807, 2.05) is 6.08 Å². The van der Waals surface area contributed by atoms with Gasteiger partial charge in [-0.25, -0.2) is 0 Å². The van der Waals surface area contributed by atoms with Crippen LogP contribution in [0.4, 0.5) is 0 Å². The Morgan fingerprint density at radius 2 is 2.06 bits per heavy atom. The molecule has 4 nitrogen and oxygen atoms in total. The number of imide groups is 1. The third-order valence-electron chi connectivity index (χ3n) is 2.73. The minimum Gasteiger partial charge on any atom is -0.396 e. The van der Waals surface area contributed by atoms with Crippen LogP contribution in [0, 0.1) is 0 Å². The van der Waals surface area contributed by atoms with Crippen LogP contribution in [0.2, 0.25) is 0 Å². The number of nitrogens with zero attached hydrogens (tertiary/aromatic N) is 1. The summed E-state index contributed by atoms with van der Waals surface area (Å²) in [6, 6.07) is 0. The Kier molecular flexibility index (Phi) is 5.19. The Morgan fingerprint density at radius 1 is 1.31 bits per heavy atom. The highest BCUT2D eigenvalue weighted by Crippen LogP contribution is 2.19. The zero-order valence-corrected chi connectivity index (χ0v) is 9.74. The van der Waals surface area contributed by atoms with Gasteiger partial charge < -0.3 is 5.11 Å². The predicted octanol–water partition coefficient (Wildman–Crippen LogP) is 1.24. The van der Waals surface area contributed by atoms with Crippen LogP contribution in [0.25, 0.3) is 0 Å². The van der Waals surface area contributed by atoms with Crippen LogP contribution in [0.3, 0.4) is 0 Å². The van der Waals surface area contributed by atoms with Gasteiger partial charge in [0.1, 0.15) is 0 Å². The number of aliphatic hydroxyl groups is 1. The van der Waals surface area contributed by atoms with Crippen LogP contribution >= 0.6 is 0 Å². The van der Waals surface area contributed by atoms with Gasteiger partial charge in [0, 0.05) is 18.7 Å². The first-order chi connectivity index (χ1) is 7.70. The van der Waals surface area contributed by atoms with Crippen molar-refractivity contribution in [1.29, 1.82) is 0 Å². The summed E-state index contributed by atoms with van der Waals surface area (Å²) in [5.41, 5.74) is 0.635. The van der Waals surface area contributed by atoms with Crippen molar-refractivity contribution < 1.29 is 14.7 Å². The fourth-order valence-electron chi connectivity index (χ4n) is 1.81.